The summed E-state index contributed by atoms with van der Waals surface area (Å²) in [5.41, 5.74) is 7.27. The van der Waals surface area contributed by atoms with Crippen LogP contribution in [0.5, 0.6) is 0 Å². The van der Waals surface area contributed by atoms with E-state index in [1.165, 1.54) is 5.56 Å². The Morgan fingerprint density at radius 1 is 1.00 bits per heavy atom. The summed E-state index contributed by atoms with van der Waals surface area (Å²) in [4.78, 5) is 20.6. The first kappa shape index (κ1) is 26.9. The molecule has 1 fully saturated rings. The van der Waals surface area contributed by atoms with E-state index in [1.54, 1.807) is 0 Å². The highest BCUT2D eigenvalue weighted by Crippen LogP contribution is 2.32. The molecule has 0 amide bonds. The summed E-state index contributed by atoms with van der Waals surface area (Å²) in [6.07, 6.45) is 5.98. The number of nitrogens with one attached hydrogen (secondary N) is 1. The van der Waals surface area contributed by atoms with Gasteiger partial charge in [0.15, 0.2) is 0 Å². The summed E-state index contributed by atoms with van der Waals surface area (Å²) < 4.78 is 6.09. The van der Waals surface area contributed by atoms with Gasteiger partial charge in [-0.25, -0.2) is 19.9 Å². The molecule has 6 rings (SSSR count). The number of fused-ring (bicyclic) bond motifs is 1. The molecule has 0 bridgehead atoms. The molecule has 8 heteroatoms. The molecule has 2 N–H and O–H groups in total. The SMILES string of the molecule is CCc1oc2ccc(-c3cc(N[C@@H](C)c4cccc(-c5cnc(N6CCC(O)C6)nc5)c4)nc(C)n3)cc2c1CC. The monoisotopic (exact) mass is 548 g/mol. The Kier molecular flexibility index (Phi) is 7.41. The van der Waals surface area contributed by atoms with Gasteiger partial charge in [0.1, 0.15) is 23.0 Å². The molecule has 1 aliphatic heterocycles. The van der Waals surface area contributed by atoms with Crippen LogP contribution in [0, 0.1) is 6.92 Å². The van der Waals surface area contributed by atoms with Gasteiger partial charge in [-0.2, -0.15) is 0 Å². The normalized spacial score (nSPS) is 15.9. The quantitative estimate of drug-likeness (QED) is 0.226. The summed E-state index contributed by atoms with van der Waals surface area (Å²) in [5, 5.41) is 14.6. The second-order valence-corrected chi connectivity index (χ2v) is 10.8. The maximum atomic E-state index is 9.82. The first-order valence-electron chi connectivity index (χ1n) is 14.4. The van der Waals surface area contributed by atoms with Crippen molar-refractivity contribution >= 4 is 22.7 Å². The molecule has 210 valence electrons. The highest BCUT2D eigenvalue weighted by atomic mass is 16.3. The Labute approximate surface area is 240 Å². The van der Waals surface area contributed by atoms with E-state index in [0.717, 1.165) is 76.3 Å². The zero-order chi connectivity index (χ0) is 28.5. The standard InChI is InChI=1S/C33H36N6O2/c1-5-27-28-15-24(10-11-31(28)41-30(27)6-2)29-16-32(38-21(4)37-29)36-20(3)22-8-7-9-23(14-22)25-17-34-33(35-18-25)39-13-12-26(40)19-39/h7-11,14-18,20,26,40H,5-6,12-13,19H2,1-4H3,(H,36,37,38)/t20-,26?/m0/s1. The molecule has 4 heterocycles. The van der Waals surface area contributed by atoms with E-state index < -0.39 is 0 Å². The van der Waals surface area contributed by atoms with Crippen molar-refractivity contribution < 1.29 is 9.52 Å². The molecule has 5 aromatic rings. The van der Waals surface area contributed by atoms with Crippen LogP contribution in [0.15, 0.2) is 65.3 Å². The molecule has 41 heavy (non-hydrogen) atoms. The van der Waals surface area contributed by atoms with Gasteiger partial charge in [0.05, 0.1) is 11.8 Å². The van der Waals surface area contributed by atoms with Crippen molar-refractivity contribution in [3.63, 3.8) is 0 Å². The van der Waals surface area contributed by atoms with Crippen molar-refractivity contribution in [3.8, 4) is 22.4 Å². The number of furan rings is 1. The number of nitrogens with zero attached hydrogens (tertiary/aromatic N) is 5. The number of benzene rings is 2. The van der Waals surface area contributed by atoms with Crippen LogP contribution in [0.4, 0.5) is 11.8 Å². The minimum atomic E-state index is -0.304. The fourth-order valence-corrected chi connectivity index (χ4v) is 5.67. The zero-order valence-corrected chi connectivity index (χ0v) is 24.1. The highest BCUT2D eigenvalue weighted by Gasteiger charge is 2.22. The van der Waals surface area contributed by atoms with E-state index in [4.69, 9.17) is 9.40 Å². The maximum absolute atomic E-state index is 9.82. The molecular weight excluding hydrogens is 512 g/mol. The highest BCUT2D eigenvalue weighted by molar-refractivity contribution is 5.87. The molecule has 0 radical (unpaired) electrons. The number of anilines is 2. The molecule has 1 saturated heterocycles. The van der Waals surface area contributed by atoms with Gasteiger partial charge in [0.2, 0.25) is 5.95 Å². The lowest BCUT2D eigenvalue weighted by molar-refractivity contribution is 0.198. The van der Waals surface area contributed by atoms with E-state index in [1.807, 2.05) is 36.4 Å². The molecule has 1 aliphatic rings. The molecule has 8 nitrogen and oxygen atoms in total. The molecule has 1 unspecified atom stereocenters. The molecule has 2 atom stereocenters. The zero-order valence-electron chi connectivity index (χ0n) is 24.1. The van der Waals surface area contributed by atoms with Crippen LogP contribution in [0.1, 0.15) is 55.9 Å². The summed E-state index contributed by atoms with van der Waals surface area (Å²) in [7, 11) is 0. The third-order valence-corrected chi connectivity index (χ3v) is 7.85. The van der Waals surface area contributed by atoms with Gasteiger partial charge in [-0.05, 0) is 62.1 Å². The minimum Gasteiger partial charge on any atom is -0.461 e. The first-order chi connectivity index (χ1) is 19.9. The second kappa shape index (κ2) is 11.3. The Hall–Kier alpha value is -4.30. The van der Waals surface area contributed by atoms with E-state index in [2.05, 4.69) is 77.4 Å². The number of aliphatic hydroxyl groups is 1. The van der Waals surface area contributed by atoms with Crippen molar-refractivity contribution in [1.82, 2.24) is 19.9 Å². The van der Waals surface area contributed by atoms with Crippen LogP contribution < -0.4 is 10.2 Å². The lowest BCUT2D eigenvalue weighted by Gasteiger charge is -2.17. The number of hydrogen-bond acceptors (Lipinski definition) is 8. The van der Waals surface area contributed by atoms with Crippen LogP contribution >= 0.6 is 0 Å². The minimum absolute atomic E-state index is 0.0125. The van der Waals surface area contributed by atoms with Crippen LogP contribution in [-0.2, 0) is 12.8 Å². The van der Waals surface area contributed by atoms with Gasteiger partial charge in [0.25, 0.3) is 0 Å². The number of rotatable bonds is 8. The van der Waals surface area contributed by atoms with E-state index in [-0.39, 0.29) is 12.1 Å². The molecular formula is C33H36N6O2. The van der Waals surface area contributed by atoms with Gasteiger partial charge in [-0.1, -0.05) is 32.0 Å². The fourth-order valence-electron chi connectivity index (χ4n) is 5.67. The van der Waals surface area contributed by atoms with Crippen molar-refractivity contribution in [2.45, 2.75) is 59.1 Å². The topological polar surface area (TPSA) is 100 Å². The number of hydrogen-bond donors (Lipinski definition) is 2. The van der Waals surface area contributed by atoms with Crippen molar-refractivity contribution in [1.29, 1.82) is 0 Å². The van der Waals surface area contributed by atoms with Crippen molar-refractivity contribution in [2.24, 2.45) is 0 Å². The van der Waals surface area contributed by atoms with Crippen LogP contribution in [-0.4, -0.2) is 44.2 Å². The first-order valence-corrected chi connectivity index (χ1v) is 14.4. The Bertz CT molecular complexity index is 1680. The van der Waals surface area contributed by atoms with Gasteiger partial charge in [-0.15, -0.1) is 0 Å². The molecule has 0 saturated carbocycles. The summed E-state index contributed by atoms with van der Waals surface area (Å²) in [6, 6.07) is 16.7. The summed E-state index contributed by atoms with van der Waals surface area (Å²) in [6.45, 7) is 9.72. The average molecular weight is 549 g/mol. The van der Waals surface area contributed by atoms with Gasteiger partial charge < -0.3 is 19.7 Å². The van der Waals surface area contributed by atoms with Gasteiger partial charge >= 0.3 is 0 Å². The van der Waals surface area contributed by atoms with E-state index >= 15 is 0 Å². The van der Waals surface area contributed by atoms with Crippen molar-refractivity contribution in [2.75, 3.05) is 23.3 Å². The van der Waals surface area contributed by atoms with Gasteiger partial charge in [-0.3, -0.25) is 0 Å². The van der Waals surface area contributed by atoms with Crippen molar-refractivity contribution in [3.05, 3.63) is 83.6 Å². The number of aromatic nitrogens is 4. The Balaban J connectivity index is 1.22. The smallest absolute Gasteiger partial charge is 0.225 e. The Morgan fingerprint density at radius 3 is 2.56 bits per heavy atom. The van der Waals surface area contributed by atoms with Crippen LogP contribution in [0.3, 0.4) is 0 Å². The van der Waals surface area contributed by atoms with Crippen LogP contribution in [0.2, 0.25) is 0 Å². The summed E-state index contributed by atoms with van der Waals surface area (Å²) >= 11 is 0. The predicted octanol–water partition coefficient (Wildman–Crippen LogP) is 6.52. The number of aliphatic hydroxyl groups excluding tert-OH is 1. The van der Waals surface area contributed by atoms with Gasteiger partial charge in [0, 0.05) is 66.1 Å². The molecule has 3 aromatic heterocycles. The molecule has 2 aromatic carbocycles. The number of β-amino-alcohol motifs (C(OH)–C–C–N with tert-alkyl or cyclic N) is 1. The number of aryl methyl sites for hydroxylation is 3. The molecule has 0 spiro atoms. The largest absolute Gasteiger partial charge is 0.461 e. The Morgan fingerprint density at radius 2 is 1.83 bits per heavy atom. The van der Waals surface area contributed by atoms with E-state index in [9.17, 15) is 5.11 Å². The third-order valence-electron chi connectivity index (χ3n) is 7.85. The predicted molar refractivity (Wildman–Crippen MR) is 163 cm³/mol. The third kappa shape index (κ3) is 5.52. The maximum Gasteiger partial charge on any atom is 0.225 e. The van der Waals surface area contributed by atoms with Crippen LogP contribution in [0.25, 0.3) is 33.4 Å². The van der Waals surface area contributed by atoms with E-state index in [0.29, 0.717) is 18.3 Å². The lowest BCUT2D eigenvalue weighted by atomic mass is 10.0. The molecule has 0 aliphatic carbocycles. The summed E-state index contributed by atoms with van der Waals surface area (Å²) in [5.74, 6) is 3.22. The second-order valence-electron chi connectivity index (χ2n) is 10.8. The average Bonchev–Trinajstić information content (AvgIpc) is 3.59. The fraction of sp³-hybridized carbons (Fsp3) is 0.333. The lowest BCUT2D eigenvalue weighted by Crippen LogP contribution is -2.23.